The van der Waals surface area contributed by atoms with Gasteiger partial charge in [0.1, 0.15) is 0 Å². The summed E-state index contributed by atoms with van der Waals surface area (Å²) in [6, 6.07) is 5.53. The largest absolute Gasteiger partial charge is 0.504 e. The number of ether oxygens (including phenoxy) is 1. The van der Waals surface area contributed by atoms with Crippen LogP contribution in [0.2, 0.25) is 0 Å². The quantitative estimate of drug-likeness (QED) is 0.660. The highest BCUT2D eigenvalue weighted by atomic mass is 16.5. The minimum atomic E-state index is -0.823. The number of amides is 1. The fraction of sp³-hybridized carbons (Fsp3) is 0.619. The fourth-order valence-electron chi connectivity index (χ4n) is 3.65. The number of carboxylic acid groups (broad SMARTS) is 1. The maximum absolute atomic E-state index is 12.7. The molecule has 2 atom stereocenters. The summed E-state index contributed by atoms with van der Waals surface area (Å²) in [6.07, 6.45) is 4.12. The summed E-state index contributed by atoms with van der Waals surface area (Å²) in [5.74, 6) is -0.719. The zero-order valence-electron chi connectivity index (χ0n) is 17.1. The molecule has 156 valence electrons. The third-order valence-corrected chi connectivity index (χ3v) is 5.50. The van der Waals surface area contributed by atoms with Crippen LogP contribution < -0.4 is 4.74 Å². The van der Waals surface area contributed by atoms with Crippen molar-refractivity contribution >= 4 is 11.9 Å². The van der Waals surface area contributed by atoms with Gasteiger partial charge in [-0.1, -0.05) is 6.07 Å². The first kappa shape index (κ1) is 22.0. The van der Waals surface area contributed by atoms with E-state index in [1.807, 2.05) is 20.2 Å². The number of hydrogen-bond acceptors (Lipinski definition) is 5. The predicted molar refractivity (Wildman–Crippen MR) is 107 cm³/mol. The molecule has 1 fully saturated rings. The SMILES string of the molecule is COc1ccc(CCCCC(=O)N2C[C@@H](C(=O)O)CC[C@@H](N(C)C)C2)cc1O. The second-order valence-electron chi connectivity index (χ2n) is 7.74. The Balaban J connectivity index is 1.86. The van der Waals surface area contributed by atoms with Crippen molar-refractivity contribution in [3.8, 4) is 11.5 Å². The first-order valence-electron chi connectivity index (χ1n) is 9.84. The number of likely N-dealkylation sites (tertiary alicyclic amines) is 1. The van der Waals surface area contributed by atoms with Gasteiger partial charge in [0.05, 0.1) is 13.0 Å². The molecule has 0 bridgehead atoms. The lowest BCUT2D eigenvalue weighted by atomic mass is 10.0. The Bertz CT molecular complexity index is 677. The number of unbranched alkanes of at least 4 members (excludes halogenated alkanes) is 1. The second kappa shape index (κ2) is 10.3. The Morgan fingerprint density at radius 2 is 1.96 bits per heavy atom. The summed E-state index contributed by atoms with van der Waals surface area (Å²) < 4.78 is 5.04. The number of carbonyl (C=O) groups is 2. The first-order valence-corrected chi connectivity index (χ1v) is 9.84. The minimum Gasteiger partial charge on any atom is -0.504 e. The number of nitrogens with zero attached hydrogens (tertiary/aromatic N) is 2. The summed E-state index contributed by atoms with van der Waals surface area (Å²) in [7, 11) is 5.45. The van der Waals surface area contributed by atoms with Crippen molar-refractivity contribution in [2.24, 2.45) is 5.92 Å². The Labute approximate surface area is 166 Å². The van der Waals surface area contributed by atoms with Gasteiger partial charge in [0, 0.05) is 25.6 Å². The number of carboxylic acids is 1. The van der Waals surface area contributed by atoms with Gasteiger partial charge < -0.3 is 24.7 Å². The smallest absolute Gasteiger partial charge is 0.308 e. The molecule has 1 saturated heterocycles. The number of benzene rings is 1. The molecule has 7 heteroatoms. The van der Waals surface area contributed by atoms with Gasteiger partial charge in [-0.15, -0.1) is 0 Å². The molecule has 2 N–H and O–H groups in total. The summed E-state index contributed by atoms with van der Waals surface area (Å²) in [5, 5.41) is 19.2. The van der Waals surface area contributed by atoms with Crippen LogP contribution in [0.5, 0.6) is 11.5 Å². The second-order valence-corrected chi connectivity index (χ2v) is 7.74. The summed E-state index contributed by atoms with van der Waals surface area (Å²) >= 11 is 0. The van der Waals surface area contributed by atoms with Gasteiger partial charge in [0.2, 0.25) is 5.91 Å². The summed E-state index contributed by atoms with van der Waals surface area (Å²) in [4.78, 5) is 28.0. The molecule has 2 rings (SSSR count). The van der Waals surface area contributed by atoms with E-state index in [1.54, 1.807) is 17.0 Å². The van der Waals surface area contributed by atoms with E-state index in [-0.39, 0.29) is 17.7 Å². The van der Waals surface area contributed by atoms with Crippen molar-refractivity contribution in [3.63, 3.8) is 0 Å². The van der Waals surface area contributed by atoms with Crippen LogP contribution in [0, 0.1) is 5.92 Å². The number of likely N-dealkylation sites (N-methyl/N-ethyl adjacent to an activating group) is 1. The standard InChI is InChI=1S/C21H32N2O5/c1-22(2)17-10-9-16(21(26)27)13-23(14-17)20(25)7-5-4-6-15-8-11-19(28-3)18(24)12-15/h8,11-12,16-17,24H,4-7,9-10,13-14H2,1-3H3,(H,26,27)/t16-,17+/m0/s1. The van der Waals surface area contributed by atoms with E-state index in [9.17, 15) is 19.8 Å². The van der Waals surface area contributed by atoms with E-state index in [0.29, 0.717) is 31.7 Å². The van der Waals surface area contributed by atoms with E-state index < -0.39 is 11.9 Å². The van der Waals surface area contributed by atoms with Crippen LogP contribution in [0.25, 0.3) is 0 Å². The van der Waals surface area contributed by atoms with Crippen LogP contribution in [0.4, 0.5) is 0 Å². The van der Waals surface area contributed by atoms with Crippen LogP contribution in [-0.2, 0) is 16.0 Å². The average Bonchev–Trinajstić information content (AvgIpc) is 2.89. The topological polar surface area (TPSA) is 90.3 Å². The number of aryl methyl sites for hydroxylation is 1. The summed E-state index contributed by atoms with van der Waals surface area (Å²) in [6.45, 7) is 0.882. The number of hydrogen-bond donors (Lipinski definition) is 2. The number of carbonyl (C=O) groups excluding carboxylic acids is 1. The molecule has 0 saturated carbocycles. The molecule has 1 aliphatic rings. The monoisotopic (exact) mass is 392 g/mol. The number of aromatic hydroxyl groups is 1. The van der Waals surface area contributed by atoms with Crippen LogP contribution in [0.15, 0.2) is 18.2 Å². The minimum absolute atomic E-state index is 0.0255. The van der Waals surface area contributed by atoms with Gasteiger partial charge >= 0.3 is 5.97 Å². The molecular formula is C21H32N2O5. The number of phenols is 1. The molecule has 0 radical (unpaired) electrons. The van der Waals surface area contributed by atoms with Gasteiger partial charge in [-0.3, -0.25) is 9.59 Å². The Morgan fingerprint density at radius 1 is 1.21 bits per heavy atom. The molecular weight excluding hydrogens is 360 g/mol. The third kappa shape index (κ3) is 6.12. The Hall–Kier alpha value is -2.28. The molecule has 0 spiro atoms. The van der Waals surface area contributed by atoms with Crippen LogP contribution in [0.1, 0.15) is 37.7 Å². The third-order valence-electron chi connectivity index (χ3n) is 5.50. The van der Waals surface area contributed by atoms with Crippen LogP contribution >= 0.6 is 0 Å². The van der Waals surface area contributed by atoms with E-state index in [1.165, 1.54) is 7.11 Å². The zero-order valence-corrected chi connectivity index (χ0v) is 17.1. The lowest BCUT2D eigenvalue weighted by Gasteiger charge is -2.29. The molecule has 1 aromatic carbocycles. The van der Waals surface area contributed by atoms with Crippen LogP contribution in [0.3, 0.4) is 0 Å². The molecule has 7 nitrogen and oxygen atoms in total. The van der Waals surface area contributed by atoms with E-state index in [0.717, 1.165) is 31.2 Å². The van der Waals surface area contributed by atoms with E-state index in [2.05, 4.69) is 4.90 Å². The maximum atomic E-state index is 12.7. The molecule has 28 heavy (non-hydrogen) atoms. The lowest BCUT2D eigenvalue weighted by Crippen LogP contribution is -2.43. The molecule has 1 aromatic rings. The van der Waals surface area contributed by atoms with Crippen molar-refractivity contribution in [3.05, 3.63) is 23.8 Å². The van der Waals surface area contributed by atoms with Gasteiger partial charge in [0.25, 0.3) is 0 Å². The van der Waals surface area contributed by atoms with Crippen molar-refractivity contribution in [2.75, 3.05) is 34.3 Å². The summed E-state index contributed by atoms with van der Waals surface area (Å²) in [5.41, 5.74) is 0.999. The van der Waals surface area contributed by atoms with Gasteiger partial charge in [0.15, 0.2) is 11.5 Å². The van der Waals surface area contributed by atoms with E-state index in [4.69, 9.17) is 4.74 Å². The van der Waals surface area contributed by atoms with E-state index >= 15 is 0 Å². The van der Waals surface area contributed by atoms with Gasteiger partial charge in [-0.25, -0.2) is 0 Å². The van der Waals surface area contributed by atoms with Gasteiger partial charge in [-0.05, 0) is 63.9 Å². The molecule has 0 aromatic heterocycles. The Morgan fingerprint density at radius 3 is 2.57 bits per heavy atom. The average molecular weight is 392 g/mol. The highest BCUT2D eigenvalue weighted by Crippen LogP contribution is 2.27. The predicted octanol–water partition coefficient (Wildman–Crippen LogP) is 2.37. The van der Waals surface area contributed by atoms with Crippen LogP contribution in [-0.4, -0.2) is 72.2 Å². The molecule has 1 heterocycles. The number of methoxy groups -OCH3 is 1. The zero-order chi connectivity index (χ0) is 20.7. The normalized spacial score (nSPS) is 20.1. The lowest BCUT2D eigenvalue weighted by molar-refractivity contribution is -0.143. The molecule has 1 aliphatic heterocycles. The van der Waals surface area contributed by atoms with Crippen molar-refractivity contribution in [1.82, 2.24) is 9.80 Å². The number of rotatable bonds is 8. The molecule has 0 unspecified atom stereocenters. The van der Waals surface area contributed by atoms with Crippen molar-refractivity contribution < 1.29 is 24.5 Å². The highest BCUT2D eigenvalue weighted by molar-refractivity contribution is 5.77. The highest BCUT2D eigenvalue weighted by Gasteiger charge is 2.31. The van der Waals surface area contributed by atoms with Gasteiger partial charge in [-0.2, -0.15) is 0 Å². The molecule has 1 amide bonds. The maximum Gasteiger partial charge on any atom is 0.308 e. The fourth-order valence-corrected chi connectivity index (χ4v) is 3.65. The first-order chi connectivity index (χ1) is 13.3. The van der Waals surface area contributed by atoms with Crippen molar-refractivity contribution in [2.45, 2.75) is 44.6 Å². The number of phenolic OH excluding ortho intramolecular Hbond substituents is 1. The Kier molecular flexibility index (Phi) is 8.11. The van der Waals surface area contributed by atoms with Crippen molar-refractivity contribution in [1.29, 1.82) is 0 Å². The molecule has 0 aliphatic carbocycles. The number of aliphatic carboxylic acids is 1.